The van der Waals surface area contributed by atoms with Crippen molar-refractivity contribution in [1.29, 1.82) is 0 Å². The van der Waals surface area contributed by atoms with Crippen LogP contribution in [0.25, 0.3) is 11.4 Å². The number of aromatic nitrogens is 6. The minimum absolute atomic E-state index is 0.245. The summed E-state index contributed by atoms with van der Waals surface area (Å²) in [5.74, 6) is 1.67. The molecule has 0 aliphatic rings. The number of tetrazole rings is 1. The predicted molar refractivity (Wildman–Crippen MR) is 107 cm³/mol. The fourth-order valence-corrected chi connectivity index (χ4v) is 3.59. The van der Waals surface area contributed by atoms with Gasteiger partial charge in [0.25, 0.3) is 5.91 Å². The van der Waals surface area contributed by atoms with Gasteiger partial charge in [-0.25, -0.2) is 9.67 Å². The SMILES string of the molecule is Cc1cc(CSc2ncccc2C(=O)Nc2cccc(-c3nnnn3C)c2)no1. The molecule has 3 aromatic heterocycles. The third kappa shape index (κ3) is 4.32. The summed E-state index contributed by atoms with van der Waals surface area (Å²) in [4.78, 5) is 17.2. The molecule has 0 bridgehead atoms. The van der Waals surface area contributed by atoms with Crippen molar-refractivity contribution in [3.05, 3.63) is 65.7 Å². The topological polar surface area (TPSA) is 112 Å². The number of anilines is 1. The molecule has 1 N–H and O–H groups in total. The maximum atomic E-state index is 12.9. The molecule has 0 aliphatic heterocycles. The summed E-state index contributed by atoms with van der Waals surface area (Å²) in [6.45, 7) is 1.84. The molecule has 4 aromatic rings. The zero-order valence-corrected chi connectivity index (χ0v) is 16.6. The number of hydrogen-bond donors (Lipinski definition) is 1. The van der Waals surface area contributed by atoms with Gasteiger partial charge in [-0.3, -0.25) is 4.79 Å². The van der Waals surface area contributed by atoms with Crippen LogP contribution < -0.4 is 5.32 Å². The Morgan fingerprint density at radius 3 is 2.90 bits per heavy atom. The maximum absolute atomic E-state index is 12.9. The van der Waals surface area contributed by atoms with E-state index in [9.17, 15) is 4.79 Å². The Kier molecular flexibility index (Phi) is 5.34. The summed E-state index contributed by atoms with van der Waals surface area (Å²) >= 11 is 1.43. The van der Waals surface area contributed by atoms with E-state index in [0.717, 1.165) is 17.0 Å². The van der Waals surface area contributed by atoms with Crippen LogP contribution in [-0.2, 0) is 12.8 Å². The molecule has 10 heteroatoms. The van der Waals surface area contributed by atoms with Crippen LogP contribution in [0.4, 0.5) is 5.69 Å². The Morgan fingerprint density at radius 2 is 2.14 bits per heavy atom. The van der Waals surface area contributed by atoms with Crippen LogP contribution in [0, 0.1) is 6.92 Å². The molecule has 0 radical (unpaired) electrons. The quantitative estimate of drug-likeness (QED) is 0.485. The predicted octanol–water partition coefficient (Wildman–Crippen LogP) is 3.11. The molecule has 29 heavy (non-hydrogen) atoms. The van der Waals surface area contributed by atoms with Crippen molar-refractivity contribution in [2.24, 2.45) is 7.05 Å². The number of amides is 1. The second-order valence-electron chi connectivity index (χ2n) is 6.23. The summed E-state index contributed by atoms with van der Waals surface area (Å²) in [6.07, 6.45) is 1.66. The Labute approximate surface area is 170 Å². The van der Waals surface area contributed by atoms with Gasteiger partial charge in [0, 0.05) is 36.3 Å². The molecule has 0 saturated carbocycles. The molecule has 1 amide bonds. The van der Waals surface area contributed by atoms with Crippen molar-refractivity contribution in [3.63, 3.8) is 0 Å². The van der Waals surface area contributed by atoms with Gasteiger partial charge in [0.1, 0.15) is 10.8 Å². The summed E-state index contributed by atoms with van der Waals surface area (Å²) in [6, 6.07) is 12.7. The molecular formula is C19H17N7O2S. The van der Waals surface area contributed by atoms with Gasteiger partial charge in [-0.05, 0) is 41.6 Å². The first-order valence-electron chi connectivity index (χ1n) is 8.74. The fraction of sp³-hybridized carbons (Fsp3) is 0.158. The number of rotatable bonds is 6. The van der Waals surface area contributed by atoms with E-state index in [4.69, 9.17) is 4.52 Å². The van der Waals surface area contributed by atoms with E-state index < -0.39 is 0 Å². The lowest BCUT2D eigenvalue weighted by atomic mass is 10.2. The lowest BCUT2D eigenvalue weighted by Crippen LogP contribution is -2.13. The molecular weight excluding hydrogens is 390 g/mol. The van der Waals surface area contributed by atoms with Gasteiger partial charge in [0.05, 0.1) is 11.3 Å². The summed E-state index contributed by atoms with van der Waals surface area (Å²) in [5, 5.41) is 19.0. The number of carbonyl (C=O) groups is 1. The second kappa shape index (κ2) is 8.23. The number of hydrogen-bond acceptors (Lipinski definition) is 8. The number of carbonyl (C=O) groups excluding carboxylic acids is 1. The smallest absolute Gasteiger partial charge is 0.258 e. The minimum atomic E-state index is -0.245. The molecule has 9 nitrogen and oxygen atoms in total. The number of aryl methyl sites for hydroxylation is 2. The van der Waals surface area contributed by atoms with Crippen molar-refractivity contribution < 1.29 is 9.32 Å². The van der Waals surface area contributed by atoms with Gasteiger partial charge in [-0.2, -0.15) is 0 Å². The van der Waals surface area contributed by atoms with Gasteiger partial charge >= 0.3 is 0 Å². The van der Waals surface area contributed by atoms with E-state index in [2.05, 4.69) is 31.0 Å². The highest BCUT2D eigenvalue weighted by molar-refractivity contribution is 7.98. The van der Waals surface area contributed by atoms with E-state index >= 15 is 0 Å². The monoisotopic (exact) mass is 407 g/mol. The molecule has 0 fully saturated rings. The van der Waals surface area contributed by atoms with Crippen LogP contribution in [0.3, 0.4) is 0 Å². The normalized spacial score (nSPS) is 10.8. The van der Waals surface area contributed by atoms with E-state index in [1.807, 2.05) is 37.3 Å². The Balaban J connectivity index is 1.51. The molecule has 0 saturated heterocycles. The number of nitrogens with one attached hydrogen (secondary N) is 1. The average molecular weight is 407 g/mol. The maximum Gasteiger partial charge on any atom is 0.258 e. The van der Waals surface area contributed by atoms with Crippen LogP contribution in [0.2, 0.25) is 0 Å². The first-order valence-corrected chi connectivity index (χ1v) is 9.73. The van der Waals surface area contributed by atoms with E-state index in [1.54, 1.807) is 30.1 Å². The summed E-state index contributed by atoms with van der Waals surface area (Å²) in [7, 11) is 1.76. The van der Waals surface area contributed by atoms with Gasteiger partial charge in [-0.15, -0.1) is 5.10 Å². The summed E-state index contributed by atoms with van der Waals surface area (Å²) < 4.78 is 6.65. The van der Waals surface area contributed by atoms with Crippen LogP contribution in [0.5, 0.6) is 0 Å². The molecule has 0 atom stereocenters. The molecule has 0 spiro atoms. The van der Waals surface area contributed by atoms with Crippen molar-refractivity contribution in [1.82, 2.24) is 30.3 Å². The second-order valence-corrected chi connectivity index (χ2v) is 7.20. The number of pyridine rings is 1. The van der Waals surface area contributed by atoms with Crippen molar-refractivity contribution >= 4 is 23.4 Å². The lowest BCUT2D eigenvalue weighted by Gasteiger charge is -2.09. The van der Waals surface area contributed by atoms with E-state index in [-0.39, 0.29) is 5.91 Å². The molecule has 4 rings (SSSR count). The van der Waals surface area contributed by atoms with Gasteiger partial charge in [0.2, 0.25) is 0 Å². The van der Waals surface area contributed by atoms with Crippen LogP contribution >= 0.6 is 11.8 Å². The largest absolute Gasteiger partial charge is 0.361 e. The Morgan fingerprint density at radius 1 is 1.24 bits per heavy atom. The highest BCUT2D eigenvalue weighted by atomic mass is 32.2. The first-order chi connectivity index (χ1) is 14.1. The number of benzene rings is 1. The Hall–Kier alpha value is -3.53. The van der Waals surface area contributed by atoms with Crippen LogP contribution in [0.1, 0.15) is 21.8 Å². The first kappa shape index (κ1) is 18.8. The number of thioether (sulfide) groups is 1. The van der Waals surface area contributed by atoms with Crippen LogP contribution in [0.15, 0.2) is 58.2 Å². The minimum Gasteiger partial charge on any atom is -0.361 e. The lowest BCUT2D eigenvalue weighted by molar-refractivity contribution is 0.102. The number of nitrogens with zero attached hydrogens (tertiary/aromatic N) is 6. The van der Waals surface area contributed by atoms with E-state index in [1.165, 1.54) is 11.8 Å². The summed E-state index contributed by atoms with van der Waals surface area (Å²) in [5.41, 5.74) is 2.73. The third-order valence-electron chi connectivity index (χ3n) is 4.05. The van der Waals surface area contributed by atoms with Gasteiger partial charge in [-0.1, -0.05) is 29.1 Å². The van der Waals surface area contributed by atoms with Crippen molar-refractivity contribution in [2.75, 3.05) is 5.32 Å². The molecule has 3 heterocycles. The standard InChI is InChI=1S/C19H17N7O2S/c1-12-9-15(23-28-12)11-29-19-16(7-4-8-20-19)18(27)21-14-6-3-5-13(10-14)17-22-24-25-26(17)2/h3-10H,11H2,1-2H3,(H,21,27). The molecule has 0 aliphatic carbocycles. The molecule has 0 unspecified atom stereocenters. The van der Waals surface area contributed by atoms with Gasteiger partial charge in [0.15, 0.2) is 5.82 Å². The van der Waals surface area contributed by atoms with E-state index in [0.29, 0.717) is 27.9 Å². The van der Waals surface area contributed by atoms with Gasteiger partial charge < -0.3 is 9.84 Å². The molecule has 1 aromatic carbocycles. The fourth-order valence-electron chi connectivity index (χ4n) is 2.72. The van der Waals surface area contributed by atoms with Crippen LogP contribution in [-0.4, -0.2) is 36.3 Å². The highest BCUT2D eigenvalue weighted by Crippen LogP contribution is 2.25. The highest BCUT2D eigenvalue weighted by Gasteiger charge is 2.15. The molecule has 146 valence electrons. The average Bonchev–Trinajstić information content (AvgIpc) is 3.34. The zero-order valence-electron chi connectivity index (χ0n) is 15.7. The van der Waals surface area contributed by atoms with Crippen molar-refractivity contribution in [2.45, 2.75) is 17.7 Å². The Bertz CT molecular complexity index is 1150. The zero-order chi connectivity index (χ0) is 20.2. The van der Waals surface area contributed by atoms with Crippen molar-refractivity contribution in [3.8, 4) is 11.4 Å². The third-order valence-corrected chi connectivity index (χ3v) is 5.09.